The van der Waals surface area contributed by atoms with E-state index in [2.05, 4.69) is 29.2 Å². The summed E-state index contributed by atoms with van der Waals surface area (Å²) in [6.07, 6.45) is 2.56. The monoisotopic (exact) mass is 416 g/mol. The van der Waals surface area contributed by atoms with E-state index in [1.54, 1.807) is 11.3 Å². The van der Waals surface area contributed by atoms with Gasteiger partial charge in [0.15, 0.2) is 5.78 Å². The van der Waals surface area contributed by atoms with Crippen molar-refractivity contribution >= 4 is 45.3 Å². The minimum absolute atomic E-state index is 0.0273. The van der Waals surface area contributed by atoms with Gasteiger partial charge in [-0.3, -0.25) is 9.69 Å². The van der Waals surface area contributed by atoms with Crippen LogP contribution in [0.4, 0.5) is 5.00 Å². The molecule has 2 atom stereocenters. The molecule has 1 aromatic carbocycles. The van der Waals surface area contributed by atoms with E-state index in [0.717, 1.165) is 35.8 Å². The van der Waals surface area contributed by atoms with Gasteiger partial charge in [0.25, 0.3) is 0 Å². The molecule has 3 aliphatic rings. The first-order chi connectivity index (χ1) is 13.0. The molecule has 0 fully saturated rings. The zero-order valence-corrected chi connectivity index (χ0v) is 16.9. The quantitative estimate of drug-likeness (QED) is 0.727. The first-order valence-electron chi connectivity index (χ1n) is 8.97. The van der Waals surface area contributed by atoms with Gasteiger partial charge in [-0.2, -0.15) is 0 Å². The van der Waals surface area contributed by atoms with Crippen LogP contribution in [-0.2, 0) is 24.3 Å². The summed E-state index contributed by atoms with van der Waals surface area (Å²) >= 11 is 14.2. The Balaban J connectivity index is 1.57. The summed E-state index contributed by atoms with van der Waals surface area (Å²) in [4.78, 5) is 16.7. The molecule has 6 heteroatoms. The van der Waals surface area contributed by atoms with Crippen LogP contribution in [0.2, 0.25) is 0 Å². The van der Waals surface area contributed by atoms with Crippen molar-refractivity contribution in [3.63, 3.8) is 0 Å². The zero-order chi connectivity index (χ0) is 18.7. The van der Waals surface area contributed by atoms with E-state index < -0.39 is 5.38 Å². The van der Waals surface area contributed by atoms with Crippen molar-refractivity contribution < 1.29 is 4.79 Å². The Labute approximate surface area is 172 Å². The number of nitrogen functional groups attached to an aromatic ring is 1. The van der Waals surface area contributed by atoms with Crippen LogP contribution in [0.5, 0.6) is 0 Å². The molecular weight excluding hydrogens is 399 g/mol. The molecule has 1 aliphatic heterocycles. The molecule has 2 unspecified atom stereocenters. The van der Waals surface area contributed by atoms with Gasteiger partial charge in [-0.15, -0.1) is 22.9 Å². The number of fused-ring (bicyclic) bond motifs is 1. The van der Waals surface area contributed by atoms with Gasteiger partial charge in [0.1, 0.15) is 5.38 Å². The number of nitrogens with zero attached hydrogens (tertiary/aromatic N) is 1. The molecule has 2 heterocycles. The van der Waals surface area contributed by atoms with E-state index in [0.29, 0.717) is 11.5 Å². The number of anilines is 1. The van der Waals surface area contributed by atoms with Crippen LogP contribution in [0, 0.1) is 0 Å². The number of alkyl halides is 1. The van der Waals surface area contributed by atoms with Gasteiger partial charge in [0.05, 0.1) is 5.00 Å². The van der Waals surface area contributed by atoms with Crippen LogP contribution in [0.25, 0.3) is 0 Å². The van der Waals surface area contributed by atoms with Crippen LogP contribution in [0.15, 0.2) is 52.6 Å². The second kappa shape index (κ2) is 6.49. The van der Waals surface area contributed by atoms with Crippen LogP contribution in [0.3, 0.4) is 0 Å². The Kier molecular flexibility index (Phi) is 4.21. The Hall–Kier alpha value is -1.59. The van der Waals surface area contributed by atoms with Crippen LogP contribution < -0.4 is 5.73 Å². The summed E-state index contributed by atoms with van der Waals surface area (Å²) < 4.78 is 0. The SMILES string of the molecule is Nc1sc2c3c1CC1=C(C(=O)C(Cl)C(Cl)=C1)C3CN(Cc1ccccc1)C2. The lowest BCUT2D eigenvalue weighted by molar-refractivity contribution is -0.115. The van der Waals surface area contributed by atoms with Crippen molar-refractivity contribution in [2.75, 3.05) is 12.3 Å². The fourth-order valence-electron chi connectivity index (χ4n) is 4.54. The Morgan fingerprint density at radius 2 is 2.04 bits per heavy atom. The zero-order valence-electron chi connectivity index (χ0n) is 14.5. The van der Waals surface area contributed by atoms with Crippen LogP contribution in [-0.4, -0.2) is 22.6 Å². The molecule has 2 aromatic rings. The smallest absolute Gasteiger partial charge is 0.182 e. The highest BCUT2D eigenvalue weighted by Gasteiger charge is 2.43. The van der Waals surface area contributed by atoms with E-state index in [1.165, 1.54) is 21.6 Å². The number of Topliss-reactive ketones (excluding diaryl/α,β-unsaturated/α-hetero) is 1. The minimum atomic E-state index is -0.768. The molecule has 0 saturated carbocycles. The number of hydrogen-bond donors (Lipinski definition) is 1. The molecule has 5 rings (SSSR count). The van der Waals surface area contributed by atoms with Crippen molar-refractivity contribution in [1.29, 1.82) is 0 Å². The largest absolute Gasteiger partial charge is 0.390 e. The molecule has 1 aromatic heterocycles. The van der Waals surface area contributed by atoms with Gasteiger partial charge in [0, 0.05) is 47.5 Å². The topological polar surface area (TPSA) is 46.3 Å². The average molecular weight is 417 g/mol. The van der Waals surface area contributed by atoms with E-state index in [1.807, 2.05) is 12.1 Å². The third kappa shape index (κ3) is 2.78. The maximum absolute atomic E-state index is 13.0. The number of allylic oxidation sites excluding steroid dienone is 3. The summed E-state index contributed by atoms with van der Waals surface area (Å²) in [6, 6.07) is 10.4. The normalized spacial score (nSPS) is 24.5. The van der Waals surface area contributed by atoms with Crippen molar-refractivity contribution in [3.05, 3.63) is 74.2 Å². The standard InChI is InChI=1S/C21H18Cl2N2OS/c22-15-7-12-6-13-18-14(17(12)20(26)19(15)23)9-25(10-16(18)27-21(13)24)8-11-4-2-1-3-5-11/h1-5,7,14,19H,6,8-10,24H2. The molecule has 27 heavy (non-hydrogen) atoms. The third-order valence-electron chi connectivity index (χ3n) is 5.67. The lowest BCUT2D eigenvalue weighted by atomic mass is 9.73. The van der Waals surface area contributed by atoms with E-state index in [9.17, 15) is 4.79 Å². The molecule has 0 bridgehead atoms. The molecule has 0 radical (unpaired) electrons. The number of halogens is 2. The molecule has 0 saturated heterocycles. The Bertz CT molecular complexity index is 1010. The molecule has 2 aliphatic carbocycles. The maximum atomic E-state index is 13.0. The lowest BCUT2D eigenvalue weighted by Gasteiger charge is -2.39. The van der Waals surface area contributed by atoms with Gasteiger partial charge >= 0.3 is 0 Å². The lowest BCUT2D eigenvalue weighted by Crippen LogP contribution is -2.39. The number of carbonyl (C=O) groups is 1. The average Bonchev–Trinajstić information content (AvgIpc) is 2.96. The van der Waals surface area contributed by atoms with Crippen LogP contribution in [0.1, 0.15) is 27.5 Å². The second-order valence-corrected chi connectivity index (χ2v) is 9.37. The molecular formula is C21H18Cl2N2OS. The first kappa shape index (κ1) is 17.5. The van der Waals surface area contributed by atoms with Gasteiger partial charge in [0.2, 0.25) is 0 Å². The molecule has 3 nitrogen and oxygen atoms in total. The molecule has 0 amide bonds. The van der Waals surface area contributed by atoms with E-state index in [-0.39, 0.29) is 11.7 Å². The van der Waals surface area contributed by atoms with Crippen molar-refractivity contribution in [2.45, 2.75) is 30.8 Å². The third-order valence-corrected chi connectivity index (χ3v) is 7.61. The van der Waals surface area contributed by atoms with Crippen molar-refractivity contribution in [1.82, 2.24) is 4.90 Å². The predicted octanol–water partition coefficient (Wildman–Crippen LogP) is 4.60. The van der Waals surface area contributed by atoms with Gasteiger partial charge < -0.3 is 5.73 Å². The van der Waals surface area contributed by atoms with E-state index in [4.69, 9.17) is 28.9 Å². The van der Waals surface area contributed by atoms with Gasteiger partial charge in [-0.05, 0) is 28.3 Å². The number of hydrogen-bond acceptors (Lipinski definition) is 4. The fraction of sp³-hybridized carbons (Fsp3) is 0.286. The van der Waals surface area contributed by atoms with E-state index >= 15 is 0 Å². The number of ketones is 1. The van der Waals surface area contributed by atoms with Crippen molar-refractivity contribution in [2.24, 2.45) is 0 Å². The minimum Gasteiger partial charge on any atom is -0.390 e. The Morgan fingerprint density at radius 3 is 2.81 bits per heavy atom. The highest BCUT2D eigenvalue weighted by atomic mass is 35.5. The molecule has 138 valence electrons. The number of benzene rings is 1. The summed E-state index contributed by atoms with van der Waals surface area (Å²) in [6.45, 7) is 2.51. The van der Waals surface area contributed by atoms with Gasteiger partial charge in [-0.1, -0.05) is 41.9 Å². The first-order valence-corrected chi connectivity index (χ1v) is 10.6. The fourth-order valence-corrected chi connectivity index (χ4v) is 6.14. The van der Waals surface area contributed by atoms with Crippen LogP contribution >= 0.6 is 34.5 Å². The van der Waals surface area contributed by atoms with Crippen molar-refractivity contribution in [3.8, 4) is 0 Å². The van der Waals surface area contributed by atoms with Gasteiger partial charge in [-0.25, -0.2) is 0 Å². The number of nitrogens with two attached hydrogens (primary N) is 1. The second-order valence-electron chi connectivity index (χ2n) is 7.36. The summed E-state index contributed by atoms with van der Waals surface area (Å²) in [5.41, 5.74) is 11.9. The number of rotatable bonds is 2. The summed E-state index contributed by atoms with van der Waals surface area (Å²) in [5, 5.41) is 0.508. The summed E-state index contributed by atoms with van der Waals surface area (Å²) in [5.74, 6) is -0.0216. The molecule has 2 N–H and O–H groups in total. The maximum Gasteiger partial charge on any atom is 0.182 e. The molecule has 0 spiro atoms. The predicted molar refractivity (Wildman–Crippen MR) is 111 cm³/mol. The summed E-state index contributed by atoms with van der Waals surface area (Å²) in [7, 11) is 0. The highest BCUT2D eigenvalue weighted by Crippen LogP contribution is 2.50. The number of carbonyl (C=O) groups excluding carboxylic acids is 1. The number of thiophene rings is 1. The Morgan fingerprint density at radius 1 is 1.26 bits per heavy atom. The highest BCUT2D eigenvalue weighted by molar-refractivity contribution is 7.16.